The Morgan fingerprint density at radius 2 is 1.51 bits per heavy atom. The summed E-state index contributed by atoms with van der Waals surface area (Å²) in [7, 11) is 0. The molecule has 4 aromatic rings. The molecule has 5 rings (SSSR count). The molecular weight excluding hydrogens is 566 g/mol. The molecule has 2 nitrogen and oxygen atoms in total. The molecule has 41 heavy (non-hydrogen) atoms. The minimum atomic E-state index is -0.275. The van der Waals surface area contributed by atoms with E-state index in [2.05, 4.69) is 115 Å². The smallest absolute Gasteiger partial charge is 0.159 e. The summed E-state index contributed by atoms with van der Waals surface area (Å²) in [5.74, 6) is 0.762. The lowest BCUT2D eigenvalue weighted by molar-refractivity contribution is 0.603. The molecule has 0 spiro atoms. The molecule has 0 unspecified atom stereocenters. The summed E-state index contributed by atoms with van der Waals surface area (Å²) in [4.78, 5) is 2.30. The van der Waals surface area contributed by atoms with Crippen LogP contribution in [0.5, 0.6) is 0 Å². The van der Waals surface area contributed by atoms with Crippen LogP contribution in [0.3, 0.4) is 0 Å². The van der Waals surface area contributed by atoms with Crippen molar-refractivity contribution in [1.29, 1.82) is 0 Å². The van der Waals surface area contributed by atoms with Crippen LogP contribution in [0.1, 0.15) is 70.9 Å². The van der Waals surface area contributed by atoms with Gasteiger partial charge in [-0.3, -0.25) is 0 Å². The molecule has 1 heterocycles. The van der Waals surface area contributed by atoms with E-state index in [0.717, 1.165) is 55.0 Å². The maximum absolute atomic E-state index is 6.48. The molecule has 0 saturated carbocycles. The van der Waals surface area contributed by atoms with E-state index in [1.165, 1.54) is 11.1 Å². The van der Waals surface area contributed by atoms with Gasteiger partial charge in [0.15, 0.2) is 5.58 Å². The van der Waals surface area contributed by atoms with E-state index in [1.54, 1.807) is 6.08 Å². The lowest BCUT2D eigenvalue weighted by Crippen LogP contribution is -2.21. The number of allylic oxidation sites excluding steroid dienone is 5. The normalized spacial score (nSPS) is 13.2. The Kier molecular flexibility index (Phi) is 10.6. The number of nitrogens with zero attached hydrogens (tertiary/aromatic N) is 1. The van der Waals surface area contributed by atoms with Gasteiger partial charge in [-0.05, 0) is 65.6 Å². The average molecular weight is 609 g/mol. The Morgan fingerprint density at radius 3 is 2.10 bits per heavy atom. The highest BCUT2D eigenvalue weighted by atomic mass is 79.9. The van der Waals surface area contributed by atoms with Gasteiger partial charge in [-0.25, -0.2) is 0 Å². The van der Waals surface area contributed by atoms with Crippen molar-refractivity contribution in [2.45, 2.75) is 53.9 Å². The third-order valence-electron chi connectivity index (χ3n) is 7.15. The molecule has 212 valence electrons. The van der Waals surface area contributed by atoms with Crippen molar-refractivity contribution in [2.24, 2.45) is 0 Å². The van der Waals surface area contributed by atoms with Crippen molar-refractivity contribution in [1.82, 2.24) is 0 Å². The summed E-state index contributed by atoms with van der Waals surface area (Å²) >= 11 is 3.81. The van der Waals surface area contributed by atoms with Gasteiger partial charge >= 0.3 is 0 Å². The number of hydrogen-bond donors (Lipinski definition) is 0. The van der Waals surface area contributed by atoms with E-state index >= 15 is 0 Å². The van der Waals surface area contributed by atoms with Crippen LogP contribution in [0.25, 0.3) is 28.7 Å². The van der Waals surface area contributed by atoms with Crippen molar-refractivity contribution < 1.29 is 4.42 Å². The Morgan fingerprint density at radius 1 is 0.829 bits per heavy atom. The topological polar surface area (TPSA) is 16.4 Å². The highest BCUT2D eigenvalue weighted by Crippen LogP contribution is 2.54. The number of furan rings is 1. The van der Waals surface area contributed by atoms with E-state index < -0.39 is 0 Å². The molecule has 1 aliphatic carbocycles. The fourth-order valence-corrected chi connectivity index (χ4v) is 6.08. The van der Waals surface area contributed by atoms with Gasteiger partial charge in [0.25, 0.3) is 0 Å². The molecule has 3 aromatic carbocycles. The molecule has 3 heteroatoms. The average Bonchev–Trinajstić information content (AvgIpc) is 3.47. The zero-order valence-corrected chi connectivity index (χ0v) is 27.1. The molecule has 0 N–H and O–H groups in total. The molecule has 0 amide bonds. The predicted molar refractivity (Wildman–Crippen MR) is 186 cm³/mol. The van der Waals surface area contributed by atoms with Gasteiger partial charge in [-0.15, -0.1) is 0 Å². The van der Waals surface area contributed by atoms with Crippen LogP contribution in [-0.4, -0.2) is 0 Å². The van der Waals surface area contributed by atoms with Crippen molar-refractivity contribution in [2.75, 3.05) is 4.90 Å². The fraction of sp³-hybridized carbons (Fsp3) is 0.211. The van der Waals surface area contributed by atoms with Crippen molar-refractivity contribution in [3.05, 3.63) is 131 Å². The van der Waals surface area contributed by atoms with Gasteiger partial charge in [0.05, 0.1) is 11.4 Å². The largest absolute Gasteiger partial charge is 0.454 e. The minimum absolute atomic E-state index is 0.275. The number of benzene rings is 3. The van der Waals surface area contributed by atoms with Crippen LogP contribution < -0.4 is 4.90 Å². The van der Waals surface area contributed by atoms with E-state index in [4.69, 9.17) is 4.42 Å². The number of halogens is 1. The molecular formula is C38H42BrNO. The summed E-state index contributed by atoms with van der Waals surface area (Å²) in [6.07, 6.45) is 9.80. The van der Waals surface area contributed by atoms with Crippen LogP contribution in [0.4, 0.5) is 17.1 Å². The summed E-state index contributed by atoms with van der Waals surface area (Å²) in [6, 6.07) is 21.1. The van der Waals surface area contributed by atoms with Crippen LogP contribution in [0.15, 0.2) is 113 Å². The maximum Gasteiger partial charge on any atom is 0.159 e. The fourth-order valence-electron chi connectivity index (χ4n) is 5.63. The van der Waals surface area contributed by atoms with Crippen LogP contribution in [-0.2, 0) is 5.41 Å². The molecule has 0 fully saturated rings. The second kappa shape index (κ2) is 13.7. The van der Waals surface area contributed by atoms with E-state index in [1.807, 2.05) is 58.9 Å². The third kappa shape index (κ3) is 5.56. The Labute approximate surface area is 255 Å². The second-order valence-corrected chi connectivity index (χ2v) is 10.5. The molecule has 0 atom stereocenters. The van der Waals surface area contributed by atoms with E-state index in [-0.39, 0.29) is 5.41 Å². The highest BCUT2D eigenvalue weighted by Gasteiger charge is 2.39. The molecule has 1 aliphatic rings. The second-order valence-electron chi connectivity index (χ2n) is 9.62. The first kappa shape index (κ1) is 31.7. The lowest BCUT2D eigenvalue weighted by Gasteiger charge is -2.33. The summed E-state index contributed by atoms with van der Waals surface area (Å²) in [6.45, 7) is 26.8. The number of fused-ring (bicyclic) bond motifs is 2. The van der Waals surface area contributed by atoms with E-state index in [0.29, 0.717) is 0 Å². The van der Waals surface area contributed by atoms with Gasteiger partial charge in [-0.2, -0.15) is 0 Å². The molecule has 1 aromatic heterocycles. The molecule has 0 radical (unpaired) electrons. The number of anilines is 3. The van der Waals surface area contributed by atoms with Gasteiger partial charge in [0.2, 0.25) is 0 Å². The highest BCUT2D eigenvalue weighted by molar-refractivity contribution is 9.10. The number of para-hydroxylation sites is 2. The van der Waals surface area contributed by atoms with E-state index in [9.17, 15) is 0 Å². The third-order valence-corrected chi connectivity index (χ3v) is 7.60. The van der Waals surface area contributed by atoms with Gasteiger partial charge in [-0.1, -0.05) is 132 Å². The monoisotopic (exact) mass is 607 g/mol. The Bertz CT molecular complexity index is 1620. The molecule has 0 bridgehead atoms. The zero-order valence-electron chi connectivity index (χ0n) is 25.5. The van der Waals surface area contributed by atoms with Crippen LogP contribution in [0, 0.1) is 0 Å². The van der Waals surface area contributed by atoms with Crippen LogP contribution >= 0.6 is 15.9 Å². The lowest BCUT2D eigenvalue weighted by atomic mass is 9.80. The Hall–Kier alpha value is -3.82. The summed E-state index contributed by atoms with van der Waals surface area (Å²) < 4.78 is 7.47. The quantitative estimate of drug-likeness (QED) is 0.208. The maximum atomic E-state index is 6.48. The Balaban J connectivity index is 0.00000111. The van der Waals surface area contributed by atoms with Gasteiger partial charge in [0, 0.05) is 26.5 Å². The van der Waals surface area contributed by atoms with Crippen molar-refractivity contribution >= 4 is 61.7 Å². The predicted octanol–water partition coefficient (Wildman–Crippen LogP) is 12.8. The number of hydrogen-bond acceptors (Lipinski definition) is 2. The molecule has 0 aliphatic heterocycles. The first-order valence-electron chi connectivity index (χ1n) is 14.4. The first-order valence-corrected chi connectivity index (χ1v) is 15.2. The molecule has 0 saturated heterocycles. The SMILES string of the molecule is C=CC1=C(C=C)C(C)(C)c2c1cc(Br)cc2N(c1ccccc1)c1cccc2c(/C=C\C)c(C=C)oc12.CC.CC. The van der Waals surface area contributed by atoms with Crippen molar-refractivity contribution in [3.63, 3.8) is 0 Å². The van der Waals surface area contributed by atoms with Crippen LogP contribution in [0.2, 0.25) is 0 Å². The van der Waals surface area contributed by atoms with Gasteiger partial charge in [0.1, 0.15) is 5.76 Å². The first-order chi connectivity index (χ1) is 19.9. The van der Waals surface area contributed by atoms with Crippen molar-refractivity contribution in [3.8, 4) is 0 Å². The van der Waals surface area contributed by atoms with Gasteiger partial charge < -0.3 is 9.32 Å². The minimum Gasteiger partial charge on any atom is -0.454 e. The summed E-state index contributed by atoms with van der Waals surface area (Å²) in [5, 5.41) is 1.05. The number of rotatable bonds is 7. The standard InChI is InChI=1S/C34H30BrNO.2C2H6/c1-7-15-25-26-18-14-19-29(33(26)37-31(25)10-4)36(23-16-12-11-13-17-23)30-21-22(35)20-27-24(8-2)28(9-3)34(5,6)32(27)30;2*1-2/h7-21H,2-4H2,1,5-6H3;2*1-2H3/b15-7-;;. The summed E-state index contributed by atoms with van der Waals surface area (Å²) in [5.41, 5.74) is 9.34. The zero-order chi connectivity index (χ0) is 30.3.